The van der Waals surface area contributed by atoms with Crippen molar-refractivity contribution in [2.75, 3.05) is 25.0 Å². The van der Waals surface area contributed by atoms with Crippen LogP contribution < -0.4 is 5.32 Å². The molecule has 146 valence electrons. The van der Waals surface area contributed by atoms with Crippen LogP contribution in [0.25, 0.3) is 22.2 Å². The Labute approximate surface area is 173 Å². The second-order valence-corrected chi connectivity index (χ2v) is 8.69. The number of pyridine rings is 2. The average molecular weight is 386 g/mol. The molecule has 4 rings (SSSR count). The van der Waals surface area contributed by atoms with Crippen molar-refractivity contribution in [3.05, 3.63) is 36.8 Å². The first-order valence-electron chi connectivity index (χ1n) is 10.2. The lowest BCUT2D eigenvalue weighted by molar-refractivity contribution is -0.117. The van der Waals surface area contributed by atoms with Crippen LogP contribution in [-0.2, 0) is 10.0 Å². The number of piperidine rings is 1. The SMILES string of the molecule is BC(B)(B)n1cc(-c2ccc3cnc(NC(=O)CN4CCCCC4)cc3n2)cn1. The number of anilines is 1. The minimum atomic E-state index is -0.0785. The Kier molecular flexibility index (Phi) is 5.45. The zero-order valence-corrected chi connectivity index (χ0v) is 17.4. The molecular weight excluding hydrogens is 361 g/mol. The molecule has 3 aromatic rings. The van der Waals surface area contributed by atoms with Crippen molar-refractivity contribution in [3.63, 3.8) is 0 Å². The maximum Gasteiger partial charge on any atom is 0.239 e. The van der Waals surface area contributed by atoms with Crippen LogP contribution in [0.15, 0.2) is 36.8 Å². The average Bonchev–Trinajstić information content (AvgIpc) is 3.19. The summed E-state index contributed by atoms with van der Waals surface area (Å²) >= 11 is 0. The number of nitrogens with zero attached hydrogens (tertiary/aromatic N) is 5. The quantitative estimate of drug-likeness (QED) is 0.593. The fourth-order valence-corrected chi connectivity index (χ4v) is 3.57. The summed E-state index contributed by atoms with van der Waals surface area (Å²) in [4.78, 5) is 23.7. The molecule has 1 amide bonds. The number of carbonyl (C=O) groups is 1. The van der Waals surface area contributed by atoms with Crippen LogP contribution in [0.4, 0.5) is 5.82 Å². The van der Waals surface area contributed by atoms with E-state index >= 15 is 0 Å². The van der Waals surface area contributed by atoms with Gasteiger partial charge in [-0.3, -0.25) is 14.4 Å². The van der Waals surface area contributed by atoms with Gasteiger partial charge in [0.15, 0.2) is 0 Å². The van der Waals surface area contributed by atoms with E-state index in [1.165, 1.54) is 19.3 Å². The van der Waals surface area contributed by atoms with Gasteiger partial charge in [-0.15, -0.1) is 0 Å². The van der Waals surface area contributed by atoms with E-state index in [1.807, 2.05) is 35.3 Å². The highest BCUT2D eigenvalue weighted by Gasteiger charge is 2.16. The fourth-order valence-electron chi connectivity index (χ4n) is 3.57. The van der Waals surface area contributed by atoms with E-state index < -0.39 is 0 Å². The fraction of sp³-hybridized carbons (Fsp3) is 0.368. The molecule has 3 aromatic heterocycles. The predicted molar refractivity (Wildman–Crippen MR) is 123 cm³/mol. The normalized spacial score (nSPS) is 15.4. The lowest BCUT2D eigenvalue weighted by Gasteiger charge is -2.25. The molecule has 1 aliphatic heterocycles. The second kappa shape index (κ2) is 8.03. The summed E-state index contributed by atoms with van der Waals surface area (Å²) in [5, 5.41) is 8.23. The zero-order valence-electron chi connectivity index (χ0n) is 17.4. The van der Waals surface area contributed by atoms with Crippen molar-refractivity contribution < 1.29 is 4.79 Å². The first-order chi connectivity index (χ1) is 13.9. The molecule has 0 atom stereocenters. The van der Waals surface area contributed by atoms with Gasteiger partial charge in [-0.05, 0) is 43.3 Å². The molecule has 7 nitrogen and oxygen atoms in total. The van der Waals surface area contributed by atoms with Crippen molar-refractivity contribution in [2.24, 2.45) is 0 Å². The van der Waals surface area contributed by atoms with Gasteiger partial charge in [0.1, 0.15) is 29.4 Å². The highest BCUT2D eigenvalue weighted by Crippen LogP contribution is 2.22. The van der Waals surface area contributed by atoms with Crippen molar-refractivity contribution in [1.29, 1.82) is 0 Å². The van der Waals surface area contributed by atoms with Crippen LogP contribution in [0.1, 0.15) is 19.3 Å². The largest absolute Gasteiger partial charge is 0.310 e. The summed E-state index contributed by atoms with van der Waals surface area (Å²) in [6.45, 7) is 2.40. The van der Waals surface area contributed by atoms with Crippen molar-refractivity contribution in [2.45, 2.75) is 24.5 Å². The maximum absolute atomic E-state index is 12.4. The van der Waals surface area contributed by atoms with Crippen LogP contribution in [0.2, 0.25) is 0 Å². The Balaban J connectivity index is 1.52. The van der Waals surface area contributed by atoms with Crippen molar-refractivity contribution >= 4 is 46.2 Å². The summed E-state index contributed by atoms with van der Waals surface area (Å²) in [6, 6.07) is 5.81. The Morgan fingerprint density at radius 2 is 1.93 bits per heavy atom. The Hall–Kier alpha value is -2.61. The van der Waals surface area contributed by atoms with E-state index in [0.29, 0.717) is 12.4 Å². The molecule has 1 aliphatic rings. The molecule has 10 heteroatoms. The first kappa shape index (κ1) is 19.7. The molecule has 1 saturated heterocycles. The van der Waals surface area contributed by atoms with Gasteiger partial charge in [0.05, 0.1) is 24.0 Å². The monoisotopic (exact) mass is 386 g/mol. The number of nitrogens with one attached hydrogen (secondary N) is 1. The van der Waals surface area contributed by atoms with Crippen LogP contribution in [0.5, 0.6) is 0 Å². The molecule has 0 aliphatic carbocycles. The number of likely N-dealkylation sites (tertiary alicyclic amines) is 1. The number of hydrogen-bond acceptors (Lipinski definition) is 5. The number of carbonyl (C=O) groups excluding carboxylic acids is 1. The van der Waals surface area contributed by atoms with Gasteiger partial charge in [-0.2, -0.15) is 5.10 Å². The topological polar surface area (TPSA) is 75.9 Å². The highest BCUT2D eigenvalue weighted by atomic mass is 16.2. The van der Waals surface area contributed by atoms with Crippen LogP contribution in [0.3, 0.4) is 0 Å². The lowest BCUT2D eigenvalue weighted by atomic mass is 9.49. The van der Waals surface area contributed by atoms with E-state index in [9.17, 15) is 4.79 Å². The minimum absolute atomic E-state index is 0.0265. The van der Waals surface area contributed by atoms with Gasteiger partial charge in [-0.1, -0.05) is 6.42 Å². The molecule has 0 aromatic carbocycles. The Morgan fingerprint density at radius 1 is 1.14 bits per heavy atom. The molecular formula is C19H25B3N6O. The lowest BCUT2D eigenvalue weighted by Crippen LogP contribution is -2.36. The third-order valence-corrected chi connectivity index (χ3v) is 5.22. The number of hydrogen-bond donors (Lipinski definition) is 1. The standard InChI is InChI=1S/C19H25B3N6O/c20-19(21,22)28-11-14(10-24-28)15-5-4-13-9-23-17(8-16(13)25-15)26-18(29)12-27-6-2-1-3-7-27/h4-5,8-11H,1-3,6-7,12,20-22H2,(H,23,26,29). The molecule has 0 bridgehead atoms. The summed E-state index contributed by atoms with van der Waals surface area (Å²) in [5.74, 6) is 0.510. The van der Waals surface area contributed by atoms with E-state index in [0.717, 1.165) is 35.2 Å². The van der Waals surface area contributed by atoms with E-state index in [4.69, 9.17) is 4.98 Å². The molecule has 0 unspecified atom stereocenters. The molecule has 0 radical (unpaired) electrons. The first-order valence-corrected chi connectivity index (χ1v) is 10.2. The van der Waals surface area contributed by atoms with E-state index in [-0.39, 0.29) is 11.1 Å². The van der Waals surface area contributed by atoms with Gasteiger partial charge in [-0.25, -0.2) is 9.97 Å². The van der Waals surface area contributed by atoms with Crippen LogP contribution in [-0.4, -0.2) is 73.7 Å². The third kappa shape index (κ3) is 4.70. The van der Waals surface area contributed by atoms with Crippen molar-refractivity contribution in [1.82, 2.24) is 24.6 Å². The summed E-state index contributed by atoms with van der Waals surface area (Å²) < 4.78 is 1.94. The van der Waals surface area contributed by atoms with Gasteiger partial charge < -0.3 is 5.32 Å². The van der Waals surface area contributed by atoms with Gasteiger partial charge >= 0.3 is 0 Å². The van der Waals surface area contributed by atoms with E-state index in [2.05, 4.69) is 43.8 Å². The Bertz CT molecular complexity index is 1030. The number of amides is 1. The number of rotatable bonds is 5. The summed E-state index contributed by atoms with van der Waals surface area (Å²) in [7, 11) is 6.34. The van der Waals surface area contributed by atoms with E-state index in [1.54, 1.807) is 6.20 Å². The second-order valence-electron chi connectivity index (χ2n) is 8.69. The summed E-state index contributed by atoms with van der Waals surface area (Å²) in [5.41, 5.74) is 2.62. The molecule has 4 heterocycles. The van der Waals surface area contributed by atoms with Gasteiger partial charge in [0, 0.05) is 29.4 Å². The van der Waals surface area contributed by atoms with Crippen LogP contribution in [0, 0.1) is 0 Å². The molecule has 1 N–H and O–H groups in total. The number of aromatic nitrogens is 4. The molecule has 0 saturated carbocycles. The number of fused-ring (bicyclic) bond motifs is 1. The zero-order chi connectivity index (χ0) is 20.4. The Morgan fingerprint density at radius 3 is 2.66 bits per heavy atom. The van der Waals surface area contributed by atoms with Gasteiger partial charge in [0.2, 0.25) is 5.91 Å². The smallest absolute Gasteiger partial charge is 0.239 e. The molecule has 1 fully saturated rings. The minimum Gasteiger partial charge on any atom is -0.310 e. The summed E-state index contributed by atoms with van der Waals surface area (Å²) in [6.07, 6.45) is 9.19. The van der Waals surface area contributed by atoms with Gasteiger partial charge in [0.25, 0.3) is 0 Å². The predicted octanol–water partition coefficient (Wildman–Crippen LogP) is -0.615. The van der Waals surface area contributed by atoms with Crippen molar-refractivity contribution in [3.8, 4) is 11.3 Å². The van der Waals surface area contributed by atoms with Crippen LogP contribution >= 0.6 is 0 Å². The third-order valence-electron chi connectivity index (χ3n) is 5.22. The molecule has 0 spiro atoms. The molecule has 29 heavy (non-hydrogen) atoms. The maximum atomic E-state index is 12.4. The highest BCUT2D eigenvalue weighted by molar-refractivity contribution is 6.56.